The van der Waals surface area contributed by atoms with Crippen molar-refractivity contribution in [3.05, 3.63) is 106 Å². The number of hydrogen-bond donors (Lipinski definition) is 1. The summed E-state index contributed by atoms with van der Waals surface area (Å²) in [6.45, 7) is 2.07. The lowest BCUT2D eigenvalue weighted by Gasteiger charge is -2.43. The fourth-order valence-electron chi connectivity index (χ4n) is 4.20. The van der Waals surface area contributed by atoms with Crippen molar-refractivity contribution in [3.63, 3.8) is 0 Å². The maximum Gasteiger partial charge on any atom is 0.224 e. The number of benzene rings is 3. The second kappa shape index (κ2) is 9.21. The van der Waals surface area contributed by atoms with Gasteiger partial charge >= 0.3 is 0 Å². The van der Waals surface area contributed by atoms with Crippen LogP contribution in [0.25, 0.3) is 0 Å². The molecule has 0 aliphatic carbocycles. The van der Waals surface area contributed by atoms with Crippen LogP contribution in [0.3, 0.4) is 0 Å². The molecular formula is C26H25ClFNO2. The minimum atomic E-state index is -0.458. The SMILES string of the molecule is C[C@]1(NC(=O)Cc2ccc(F)cc2)C[C@@H](c2ccc(Cl)cc2)O[C@@H](c2ccccc2)C1. The van der Waals surface area contributed by atoms with Gasteiger partial charge in [0.05, 0.1) is 18.6 Å². The Morgan fingerprint density at radius 1 is 0.968 bits per heavy atom. The molecule has 0 spiro atoms. The molecule has 3 aromatic carbocycles. The first-order chi connectivity index (χ1) is 14.9. The van der Waals surface area contributed by atoms with E-state index in [9.17, 15) is 9.18 Å². The number of amides is 1. The molecule has 4 rings (SSSR count). The number of carbonyl (C=O) groups is 1. The zero-order chi connectivity index (χ0) is 21.8. The highest BCUT2D eigenvalue weighted by molar-refractivity contribution is 6.30. The highest BCUT2D eigenvalue weighted by Gasteiger charge is 2.40. The molecule has 1 amide bonds. The molecule has 1 fully saturated rings. The van der Waals surface area contributed by atoms with Gasteiger partial charge in [-0.25, -0.2) is 4.39 Å². The van der Waals surface area contributed by atoms with Gasteiger partial charge in [0, 0.05) is 23.4 Å². The van der Waals surface area contributed by atoms with Crippen molar-refractivity contribution >= 4 is 17.5 Å². The highest BCUT2D eigenvalue weighted by Crippen LogP contribution is 2.43. The maximum absolute atomic E-state index is 13.2. The number of nitrogens with one attached hydrogen (secondary N) is 1. The molecule has 1 aliphatic heterocycles. The van der Waals surface area contributed by atoms with E-state index >= 15 is 0 Å². The van der Waals surface area contributed by atoms with Crippen LogP contribution in [0.5, 0.6) is 0 Å². The largest absolute Gasteiger partial charge is 0.365 e. The van der Waals surface area contributed by atoms with Gasteiger partial charge < -0.3 is 10.1 Å². The fraction of sp³-hybridized carbons (Fsp3) is 0.269. The molecule has 0 saturated carbocycles. The number of carbonyl (C=O) groups excluding carboxylic acids is 1. The van der Waals surface area contributed by atoms with Gasteiger partial charge in [0.25, 0.3) is 0 Å². The molecule has 1 N–H and O–H groups in total. The van der Waals surface area contributed by atoms with Crippen LogP contribution >= 0.6 is 11.6 Å². The molecule has 0 unspecified atom stereocenters. The third kappa shape index (κ3) is 5.52. The van der Waals surface area contributed by atoms with Crippen LogP contribution in [0.2, 0.25) is 5.02 Å². The number of rotatable bonds is 5. The smallest absolute Gasteiger partial charge is 0.224 e. The number of ether oxygens (including phenoxy) is 1. The second-order valence-corrected chi connectivity index (χ2v) is 8.83. The van der Waals surface area contributed by atoms with Gasteiger partial charge in [-0.3, -0.25) is 4.79 Å². The summed E-state index contributed by atoms with van der Waals surface area (Å²) in [6.07, 6.45) is 1.20. The number of hydrogen-bond acceptors (Lipinski definition) is 2. The summed E-state index contributed by atoms with van der Waals surface area (Å²) < 4.78 is 19.6. The molecule has 3 aromatic rings. The van der Waals surface area contributed by atoms with E-state index in [-0.39, 0.29) is 30.4 Å². The van der Waals surface area contributed by atoms with Gasteiger partial charge in [-0.05, 0) is 47.9 Å². The van der Waals surface area contributed by atoms with Crippen molar-refractivity contribution in [2.24, 2.45) is 0 Å². The summed E-state index contributed by atoms with van der Waals surface area (Å²) in [4.78, 5) is 12.8. The first-order valence-corrected chi connectivity index (χ1v) is 10.8. The van der Waals surface area contributed by atoms with Crippen LogP contribution in [0.1, 0.15) is 48.7 Å². The van der Waals surface area contributed by atoms with Crippen molar-refractivity contribution in [2.45, 2.75) is 43.9 Å². The molecule has 31 heavy (non-hydrogen) atoms. The standard InChI is InChI=1S/C26H25ClFNO2/c1-26(29-25(30)15-18-7-13-22(28)14-8-18)16-23(19-5-3-2-4-6-19)31-24(17-26)20-9-11-21(27)12-10-20/h2-14,23-24H,15-17H2,1H3,(H,29,30)/t23-,24+,26-/m1/s1. The van der Waals surface area contributed by atoms with Gasteiger partial charge in [-0.15, -0.1) is 0 Å². The fourth-order valence-corrected chi connectivity index (χ4v) is 4.33. The molecule has 0 aromatic heterocycles. The van der Waals surface area contributed by atoms with Crippen LogP contribution < -0.4 is 5.32 Å². The lowest BCUT2D eigenvalue weighted by Crippen LogP contribution is -2.51. The summed E-state index contributed by atoms with van der Waals surface area (Å²) in [5, 5.41) is 3.91. The summed E-state index contributed by atoms with van der Waals surface area (Å²) in [5.74, 6) is -0.394. The minimum absolute atomic E-state index is 0.0855. The Hall–Kier alpha value is -2.69. The van der Waals surface area contributed by atoms with Crippen LogP contribution in [0, 0.1) is 5.82 Å². The van der Waals surface area contributed by atoms with Crippen molar-refractivity contribution in [1.29, 1.82) is 0 Å². The van der Waals surface area contributed by atoms with E-state index < -0.39 is 5.54 Å². The average molecular weight is 438 g/mol. The average Bonchev–Trinajstić information content (AvgIpc) is 2.76. The molecule has 1 saturated heterocycles. The van der Waals surface area contributed by atoms with Crippen LogP contribution in [-0.4, -0.2) is 11.4 Å². The zero-order valence-corrected chi connectivity index (χ0v) is 18.1. The Morgan fingerprint density at radius 3 is 2.16 bits per heavy atom. The Bertz CT molecular complexity index is 1020. The van der Waals surface area contributed by atoms with Crippen molar-refractivity contribution in [2.75, 3.05) is 0 Å². The lowest BCUT2D eigenvalue weighted by atomic mass is 9.81. The molecule has 160 valence electrons. The minimum Gasteiger partial charge on any atom is -0.365 e. The molecule has 3 atom stereocenters. The predicted octanol–water partition coefficient (Wildman–Crippen LogP) is 6.19. The highest BCUT2D eigenvalue weighted by atomic mass is 35.5. The Morgan fingerprint density at radius 2 is 1.55 bits per heavy atom. The van der Waals surface area contributed by atoms with E-state index in [1.54, 1.807) is 12.1 Å². The van der Waals surface area contributed by atoms with Gasteiger partial charge in [0.1, 0.15) is 5.82 Å². The topological polar surface area (TPSA) is 38.3 Å². The number of halogens is 2. The molecule has 5 heteroatoms. The third-order valence-electron chi connectivity index (χ3n) is 5.73. The van der Waals surface area contributed by atoms with E-state index in [0.29, 0.717) is 17.9 Å². The Kier molecular flexibility index (Phi) is 6.40. The predicted molar refractivity (Wildman–Crippen MR) is 120 cm³/mol. The molecular weight excluding hydrogens is 413 g/mol. The normalized spacial score (nSPS) is 23.3. The second-order valence-electron chi connectivity index (χ2n) is 8.40. The Balaban J connectivity index is 1.55. The van der Waals surface area contributed by atoms with E-state index in [4.69, 9.17) is 16.3 Å². The zero-order valence-electron chi connectivity index (χ0n) is 17.4. The molecule has 0 radical (unpaired) electrons. The molecule has 0 bridgehead atoms. The van der Waals surface area contributed by atoms with Crippen LogP contribution in [-0.2, 0) is 16.0 Å². The van der Waals surface area contributed by atoms with E-state index in [2.05, 4.69) is 24.4 Å². The van der Waals surface area contributed by atoms with Gasteiger partial charge in [-0.1, -0.05) is 66.2 Å². The van der Waals surface area contributed by atoms with Crippen molar-refractivity contribution in [3.8, 4) is 0 Å². The van der Waals surface area contributed by atoms with Crippen molar-refractivity contribution < 1.29 is 13.9 Å². The van der Waals surface area contributed by atoms with E-state index in [1.165, 1.54) is 12.1 Å². The molecule has 1 heterocycles. The Labute approximate surface area is 187 Å². The first-order valence-electron chi connectivity index (χ1n) is 10.4. The maximum atomic E-state index is 13.2. The lowest BCUT2D eigenvalue weighted by molar-refractivity contribution is -0.128. The van der Waals surface area contributed by atoms with E-state index in [0.717, 1.165) is 16.7 Å². The summed E-state index contributed by atoms with van der Waals surface area (Å²) in [5.41, 5.74) is 2.44. The quantitative estimate of drug-likeness (QED) is 0.516. The van der Waals surface area contributed by atoms with Crippen LogP contribution in [0.15, 0.2) is 78.9 Å². The molecule has 1 aliphatic rings. The van der Waals surface area contributed by atoms with Crippen LogP contribution in [0.4, 0.5) is 4.39 Å². The van der Waals surface area contributed by atoms with Gasteiger partial charge in [0.2, 0.25) is 5.91 Å². The van der Waals surface area contributed by atoms with Crippen molar-refractivity contribution in [1.82, 2.24) is 5.32 Å². The summed E-state index contributed by atoms with van der Waals surface area (Å²) >= 11 is 6.07. The van der Waals surface area contributed by atoms with Gasteiger partial charge in [0.15, 0.2) is 0 Å². The first kappa shape index (κ1) is 21.5. The van der Waals surface area contributed by atoms with E-state index in [1.807, 2.05) is 42.5 Å². The third-order valence-corrected chi connectivity index (χ3v) is 5.98. The monoisotopic (exact) mass is 437 g/mol. The molecule has 3 nitrogen and oxygen atoms in total. The van der Waals surface area contributed by atoms with Gasteiger partial charge in [-0.2, -0.15) is 0 Å². The summed E-state index contributed by atoms with van der Waals surface area (Å²) in [6, 6.07) is 23.8. The summed E-state index contributed by atoms with van der Waals surface area (Å²) in [7, 11) is 0.